The summed E-state index contributed by atoms with van der Waals surface area (Å²) in [5.41, 5.74) is 2.78. The molecule has 1 unspecified atom stereocenters. The Labute approximate surface area is 191 Å². The Hall–Kier alpha value is -1.95. The number of aliphatic hydroxyl groups is 1. The Kier molecular flexibility index (Phi) is 5.32. The van der Waals surface area contributed by atoms with E-state index >= 15 is 0 Å². The van der Waals surface area contributed by atoms with E-state index in [2.05, 4.69) is 43.2 Å². The third-order valence-corrected chi connectivity index (χ3v) is 9.05. The highest BCUT2D eigenvalue weighted by atomic mass is 35.5. The van der Waals surface area contributed by atoms with Crippen molar-refractivity contribution in [1.82, 2.24) is 0 Å². The standard InChI is InChI=1S/C28H31ClO2/c1-3-28(30)14-13-25-24-11-9-20-15-22(31-18-19-7-5-4-6-8-19)10-12-23(20)26(24)21(17-29)16-27(25,28)2/h1,4-8,10,12,15,21,24-26,30H,9,11,13-14,16-18H2,2H3/t21?,24-,25-,26+,27-,28-/m0/s1. The molecule has 0 radical (unpaired) electrons. The van der Waals surface area contributed by atoms with Gasteiger partial charge in [-0.25, -0.2) is 0 Å². The predicted octanol–water partition coefficient (Wildman–Crippen LogP) is 5.95. The highest BCUT2D eigenvalue weighted by Gasteiger charge is 2.63. The van der Waals surface area contributed by atoms with E-state index in [0.717, 1.165) is 31.4 Å². The summed E-state index contributed by atoms with van der Waals surface area (Å²) in [5.74, 6) is 6.09. The van der Waals surface area contributed by atoms with Gasteiger partial charge in [-0.2, -0.15) is 0 Å². The predicted molar refractivity (Wildman–Crippen MR) is 125 cm³/mol. The zero-order chi connectivity index (χ0) is 21.6. The average Bonchev–Trinajstić information content (AvgIpc) is 3.08. The van der Waals surface area contributed by atoms with Crippen LogP contribution in [0, 0.1) is 35.5 Å². The van der Waals surface area contributed by atoms with Crippen molar-refractivity contribution < 1.29 is 9.84 Å². The molecule has 3 aliphatic rings. The zero-order valence-corrected chi connectivity index (χ0v) is 18.9. The molecule has 2 saturated carbocycles. The van der Waals surface area contributed by atoms with Gasteiger partial charge >= 0.3 is 0 Å². The van der Waals surface area contributed by atoms with Crippen LogP contribution in [0.3, 0.4) is 0 Å². The molecule has 3 heteroatoms. The lowest BCUT2D eigenvalue weighted by molar-refractivity contribution is -0.0805. The van der Waals surface area contributed by atoms with Crippen molar-refractivity contribution in [1.29, 1.82) is 0 Å². The number of fused-ring (bicyclic) bond motifs is 5. The van der Waals surface area contributed by atoms with Crippen molar-refractivity contribution in [3.8, 4) is 18.1 Å². The van der Waals surface area contributed by atoms with E-state index < -0.39 is 5.60 Å². The summed E-state index contributed by atoms with van der Waals surface area (Å²) in [7, 11) is 0. The zero-order valence-electron chi connectivity index (χ0n) is 18.2. The molecule has 0 aliphatic heterocycles. The Morgan fingerprint density at radius 1 is 1.19 bits per heavy atom. The number of halogens is 1. The monoisotopic (exact) mass is 434 g/mol. The minimum Gasteiger partial charge on any atom is -0.489 e. The fraction of sp³-hybridized carbons (Fsp3) is 0.500. The second-order valence-electron chi connectivity index (χ2n) is 10.0. The van der Waals surface area contributed by atoms with Gasteiger partial charge in [-0.05, 0) is 84.6 Å². The summed E-state index contributed by atoms with van der Waals surface area (Å²) in [4.78, 5) is 0. The van der Waals surface area contributed by atoms with Crippen molar-refractivity contribution in [3.05, 3.63) is 65.2 Å². The van der Waals surface area contributed by atoms with Gasteiger partial charge in [0.2, 0.25) is 0 Å². The van der Waals surface area contributed by atoms with Crippen LogP contribution in [0.1, 0.15) is 55.2 Å². The molecule has 3 aliphatic carbocycles. The molecule has 1 N–H and O–H groups in total. The first-order valence-corrected chi connectivity index (χ1v) is 12.1. The Balaban J connectivity index is 1.42. The molecule has 162 valence electrons. The summed E-state index contributed by atoms with van der Waals surface area (Å²) in [6.07, 6.45) is 10.6. The fourth-order valence-electron chi connectivity index (χ4n) is 7.08. The molecular formula is C28H31ClO2. The maximum absolute atomic E-state index is 11.2. The minimum atomic E-state index is -0.998. The molecule has 0 heterocycles. The number of benzene rings is 2. The molecule has 0 bridgehead atoms. The molecule has 2 aromatic carbocycles. The van der Waals surface area contributed by atoms with Gasteiger partial charge < -0.3 is 9.84 Å². The normalized spacial score (nSPS) is 36.1. The first kappa shape index (κ1) is 20.9. The quantitative estimate of drug-likeness (QED) is 0.475. The first-order chi connectivity index (χ1) is 15.0. The summed E-state index contributed by atoms with van der Waals surface area (Å²) in [6.45, 7) is 2.80. The van der Waals surface area contributed by atoms with Crippen LogP contribution in [-0.4, -0.2) is 16.6 Å². The van der Waals surface area contributed by atoms with Gasteiger partial charge in [0.15, 0.2) is 0 Å². The molecule has 6 atom stereocenters. The number of ether oxygens (including phenoxy) is 1. The molecule has 0 saturated heterocycles. The molecular weight excluding hydrogens is 404 g/mol. The maximum atomic E-state index is 11.2. The van der Waals surface area contributed by atoms with Crippen molar-refractivity contribution >= 4 is 11.6 Å². The smallest absolute Gasteiger partial charge is 0.130 e. The molecule has 2 aromatic rings. The van der Waals surface area contributed by atoms with Crippen LogP contribution < -0.4 is 4.74 Å². The van der Waals surface area contributed by atoms with Gasteiger partial charge in [-0.15, -0.1) is 18.0 Å². The van der Waals surface area contributed by atoms with E-state index in [9.17, 15) is 5.11 Å². The van der Waals surface area contributed by atoms with Crippen LogP contribution in [-0.2, 0) is 13.0 Å². The van der Waals surface area contributed by atoms with Crippen LogP contribution in [0.5, 0.6) is 5.75 Å². The fourth-order valence-corrected chi connectivity index (χ4v) is 7.38. The van der Waals surface area contributed by atoms with E-state index in [1.54, 1.807) is 0 Å². The Morgan fingerprint density at radius 2 is 2.00 bits per heavy atom. The van der Waals surface area contributed by atoms with Crippen molar-refractivity contribution in [2.75, 3.05) is 5.88 Å². The third-order valence-electron chi connectivity index (χ3n) is 8.66. The molecule has 0 amide bonds. The lowest BCUT2D eigenvalue weighted by atomic mass is 9.50. The van der Waals surface area contributed by atoms with Crippen LogP contribution in [0.2, 0.25) is 0 Å². The maximum Gasteiger partial charge on any atom is 0.130 e. The lowest BCUT2D eigenvalue weighted by Gasteiger charge is -2.55. The molecule has 5 rings (SSSR count). The molecule has 2 fully saturated rings. The van der Waals surface area contributed by atoms with Crippen LogP contribution in [0.25, 0.3) is 0 Å². The van der Waals surface area contributed by atoms with Gasteiger partial charge in [-0.3, -0.25) is 0 Å². The van der Waals surface area contributed by atoms with Gasteiger partial charge in [0.25, 0.3) is 0 Å². The highest BCUT2D eigenvalue weighted by molar-refractivity contribution is 6.18. The summed E-state index contributed by atoms with van der Waals surface area (Å²) in [6, 6.07) is 16.9. The third kappa shape index (κ3) is 3.29. The van der Waals surface area contributed by atoms with E-state index in [0.29, 0.717) is 42.6 Å². The minimum absolute atomic E-state index is 0.237. The van der Waals surface area contributed by atoms with E-state index in [1.165, 1.54) is 16.7 Å². The van der Waals surface area contributed by atoms with Crippen LogP contribution in [0.15, 0.2) is 48.5 Å². The largest absolute Gasteiger partial charge is 0.489 e. The molecule has 0 spiro atoms. The van der Waals surface area contributed by atoms with Crippen LogP contribution >= 0.6 is 11.6 Å². The number of rotatable bonds is 4. The topological polar surface area (TPSA) is 29.5 Å². The van der Waals surface area contributed by atoms with E-state index in [1.807, 2.05) is 18.2 Å². The van der Waals surface area contributed by atoms with Crippen molar-refractivity contribution in [3.63, 3.8) is 0 Å². The molecule has 31 heavy (non-hydrogen) atoms. The van der Waals surface area contributed by atoms with Gasteiger partial charge in [0.05, 0.1) is 0 Å². The first-order valence-electron chi connectivity index (χ1n) is 11.5. The van der Waals surface area contributed by atoms with Gasteiger partial charge in [0.1, 0.15) is 18.0 Å². The number of terminal acetylenes is 1. The summed E-state index contributed by atoms with van der Waals surface area (Å²) >= 11 is 6.55. The van der Waals surface area contributed by atoms with Gasteiger partial charge in [-0.1, -0.05) is 49.2 Å². The lowest BCUT2D eigenvalue weighted by Crippen LogP contribution is -2.53. The second kappa shape index (κ2) is 7.88. The highest BCUT2D eigenvalue weighted by Crippen LogP contribution is 2.65. The number of alkyl halides is 1. The van der Waals surface area contributed by atoms with Crippen molar-refractivity contribution in [2.24, 2.45) is 23.2 Å². The number of hydrogen-bond donors (Lipinski definition) is 1. The van der Waals surface area contributed by atoms with E-state index in [4.69, 9.17) is 22.8 Å². The number of hydrogen-bond acceptors (Lipinski definition) is 2. The number of aryl methyl sites for hydroxylation is 1. The Bertz CT molecular complexity index is 996. The Morgan fingerprint density at radius 3 is 2.74 bits per heavy atom. The van der Waals surface area contributed by atoms with Crippen LogP contribution in [0.4, 0.5) is 0 Å². The summed E-state index contributed by atoms with van der Waals surface area (Å²) in [5, 5.41) is 11.2. The van der Waals surface area contributed by atoms with E-state index in [-0.39, 0.29) is 5.41 Å². The second-order valence-corrected chi connectivity index (χ2v) is 10.4. The SMILES string of the molecule is C#C[C@]1(O)CC[C@H]2[C@@H]3CCc4cc(OCc5ccccc5)ccc4[C@H]3C(CCl)C[C@@]21C. The van der Waals surface area contributed by atoms with Gasteiger partial charge in [0, 0.05) is 11.3 Å². The van der Waals surface area contributed by atoms with Crippen molar-refractivity contribution in [2.45, 2.75) is 57.2 Å². The summed E-state index contributed by atoms with van der Waals surface area (Å²) < 4.78 is 6.09. The molecule has 2 nitrogen and oxygen atoms in total. The average molecular weight is 435 g/mol. The molecule has 0 aromatic heterocycles.